The molecule has 0 aliphatic rings. The average Bonchev–Trinajstić information content (AvgIpc) is 2.38. The van der Waals surface area contributed by atoms with Crippen molar-refractivity contribution in [3.8, 4) is 0 Å². The lowest BCUT2D eigenvalue weighted by Crippen LogP contribution is -2.16. The van der Waals surface area contributed by atoms with Gasteiger partial charge >= 0.3 is 5.97 Å². The number of anilines is 1. The van der Waals surface area contributed by atoms with E-state index in [9.17, 15) is 9.59 Å². The zero-order chi connectivity index (χ0) is 14.7. The number of amides is 1. The SMILES string of the molecule is Cc1ncccc1C(=O)Nc1cc(Br)ccc1C(=O)O. The molecule has 0 unspecified atom stereocenters. The first kappa shape index (κ1) is 14.2. The molecule has 1 amide bonds. The standard InChI is InChI=1S/C14H11BrN2O3/c1-8-10(3-2-6-16-8)13(18)17-12-7-9(15)4-5-11(12)14(19)20/h2-7H,1H3,(H,17,18)(H,19,20). The fourth-order valence-electron chi connectivity index (χ4n) is 1.72. The van der Waals surface area contributed by atoms with E-state index in [1.54, 1.807) is 37.4 Å². The van der Waals surface area contributed by atoms with E-state index < -0.39 is 11.9 Å². The largest absolute Gasteiger partial charge is 0.478 e. The number of hydrogen-bond acceptors (Lipinski definition) is 3. The zero-order valence-electron chi connectivity index (χ0n) is 10.6. The molecular formula is C14H11BrN2O3. The van der Waals surface area contributed by atoms with Gasteiger partial charge in [0.1, 0.15) is 0 Å². The number of benzene rings is 1. The van der Waals surface area contributed by atoms with Crippen molar-refractivity contribution in [3.05, 3.63) is 57.8 Å². The molecule has 20 heavy (non-hydrogen) atoms. The molecular weight excluding hydrogens is 324 g/mol. The van der Waals surface area contributed by atoms with Crippen molar-refractivity contribution in [3.63, 3.8) is 0 Å². The number of nitrogens with zero attached hydrogens (tertiary/aromatic N) is 1. The maximum atomic E-state index is 12.2. The number of aromatic nitrogens is 1. The molecule has 1 aromatic carbocycles. The molecule has 2 N–H and O–H groups in total. The second-order valence-electron chi connectivity index (χ2n) is 4.09. The van der Waals surface area contributed by atoms with Gasteiger partial charge in [0.2, 0.25) is 0 Å². The summed E-state index contributed by atoms with van der Waals surface area (Å²) in [7, 11) is 0. The van der Waals surface area contributed by atoms with E-state index >= 15 is 0 Å². The summed E-state index contributed by atoms with van der Waals surface area (Å²) in [5.41, 5.74) is 1.25. The van der Waals surface area contributed by atoms with Gasteiger partial charge in [-0.25, -0.2) is 4.79 Å². The average molecular weight is 335 g/mol. The van der Waals surface area contributed by atoms with Crippen LogP contribution in [-0.4, -0.2) is 22.0 Å². The molecule has 0 fully saturated rings. The van der Waals surface area contributed by atoms with Gasteiger partial charge in [-0.1, -0.05) is 15.9 Å². The van der Waals surface area contributed by atoms with Crippen LogP contribution in [0.25, 0.3) is 0 Å². The van der Waals surface area contributed by atoms with E-state index in [-0.39, 0.29) is 11.3 Å². The molecule has 0 aliphatic carbocycles. The number of nitrogens with one attached hydrogen (secondary N) is 1. The molecule has 0 radical (unpaired) electrons. The molecule has 1 aromatic heterocycles. The summed E-state index contributed by atoms with van der Waals surface area (Å²) >= 11 is 3.25. The lowest BCUT2D eigenvalue weighted by Gasteiger charge is -2.10. The first-order valence-corrected chi connectivity index (χ1v) is 6.54. The number of aryl methyl sites for hydroxylation is 1. The highest BCUT2D eigenvalue weighted by Crippen LogP contribution is 2.22. The van der Waals surface area contributed by atoms with Crippen LogP contribution in [0, 0.1) is 6.92 Å². The molecule has 6 heteroatoms. The Morgan fingerprint density at radius 1 is 1.25 bits per heavy atom. The van der Waals surface area contributed by atoms with Crippen molar-refractivity contribution in [1.29, 1.82) is 0 Å². The summed E-state index contributed by atoms with van der Waals surface area (Å²) in [5.74, 6) is -1.49. The number of carbonyl (C=O) groups is 2. The fraction of sp³-hybridized carbons (Fsp3) is 0.0714. The molecule has 102 valence electrons. The lowest BCUT2D eigenvalue weighted by atomic mass is 10.1. The third-order valence-corrected chi connectivity index (χ3v) is 3.21. The Morgan fingerprint density at radius 3 is 2.65 bits per heavy atom. The zero-order valence-corrected chi connectivity index (χ0v) is 12.1. The highest BCUT2D eigenvalue weighted by molar-refractivity contribution is 9.10. The monoisotopic (exact) mass is 334 g/mol. The number of carboxylic acids is 1. The minimum atomic E-state index is -1.10. The second kappa shape index (κ2) is 5.83. The van der Waals surface area contributed by atoms with Gasteiger partial charge in [-0.2, -0.15) is 0 Å². The van der Waals surface area contributed by atoms with Crippen molar-refractivity contribution < 1.29 is 14.7 Å². The van der Waals surface area contributed by atoms with Crippen LogP contribution in [0.5, 0.6) is 0 Å². The normalized spacial score (nSPS) is 10.1. The molecule has 0 saturated heterocycles. The first-order valence-electron chi connectivity index (χ1n) is 5.75. The quantitative estimate of drug-likeness (QED) is 0.903. The summed E-state index contributed by atoms with van der Waals surface area (Å²) in [5, 5.41) is 11.7. The van der Waals surface area contributed by atoms with E-state index in [4.69, 9.17) is 5.11 Å². The molecule has 0 aliphatic heterocycles. The van der Waals surface area contributed by atoms with Crippen LogP contribution in [0.3, 0.4) is 0 Å². The molecule has 0 saturated carbocycles. The highest BCUT2D eigenvalue weighted by Gasteiger charge is 2.15. The number of aromatic carboxylic acids is 1. The molecule has 1 heterocycles. The molecule has 0 spiro atoms. The molecule has 0 atom stereocenters. The van der Waals surface area contributed by atoms with Crippen LogP contribution in [0.15, 0.2) is 41.0 Å². The molecule has 0 bridgehead atoms. The molecule has 2 aromatic rings. The second-order valence-corrected chi connectivity index (χ2v) is 5.00. The minimum absolute atomic E-state index is 0.0306. The summed E-state index contributed by atoms with van der Waals surface area (Å²) in [6.45, 7) is 1.72. The Morgan fingerprint density at radius 2 is 2.00 bits per heavy atom. The van der Waals surface area contributed by atoms with Crippen molar-refractivity contribution >= 4 is 33.5 Å². The number of hydrogen-bond donors (Lipinski definition) is 2. The highest BCUT2D eigenvalue weighted by atomic mass is 79.9. The number of pyridine rings is 1. The number of rotatable bonds is 3. The van der Waals surface area contributed by atoms with Crippen molar-refractivity contribution in [2.45, 2.75) is 6.92 Å². The summed E-state index contributed by atoms with van der Waals surface area (Å²) in [6.07, 6.45) is 1.59. The van der Waals surface area contributed by atoms with Gasteiger partial charge < -0.3 is 10.4 Å². The third-order valence-electron chi connectivity index (χ3n) is 2.71. The van der Waals surface area contributed by atoms with Crippen LogP contribution in [-0.2, 0) is 0 Å². The van der Waals surface area contributed by atoms with Crippen molar-refractivity contribution in [2.75, 3.05) is 5.32 Å². The van der Waals surface area contributed by atoms with E-state index in [0.29, 0.717) is 15.7 Å². The predicted molar refractivity (Wildman–Crippen MR) is 78.0 cm³/mol. The maximum Gasteiger partial charge on any atom is 0.337 e. The third kappa shape index (κ3) is 3.03. The van der Waals surface area contributed by atoms with Crippen LogP contribution in [0.1, 0.15) is 26.4 Å². The number of halogens is 1. The van der Waals surface area contributed by atoms with E-state index in [1.165, 1.54) is 6.07 Å². The summed E-state index contributed by atoms with van der Waals surface area (Å²) in [4.78, 5) is 27.3. The molecule has 2 rings (SSSR count). The Hall–Kier alpha value is -2.21. The van der Waals surface area contributed by atoms with Gasteiger partial charge in [-0.15, -0.1) is 0 Å². The topological polar surface area (TPSA) is 79.3 Å². The van der Waals surface area contributed by atoms with Gasteiger partial charge in [0.15, 0.2) is 0 Å². The van der Waals surface area contributed by atoms with Crippen molar-refractivity contribution in [1.82, 2.24) is 4.98 Å². The predicted octanol–water partition coefficient (Wildman–Crippen LogP) is 3.10. The van der Waals surface area contributed by atoms with Gasteiger partial charge in [0.25, 0.3) is 5.91 Å². The first-order chi connectivity index (χ1) is 9.49. The summed E-state index contributed by atoms with van der Waals surface area (Å²) < 4.78 is 0.681. The Balaban J connectivity index is 2.35. The number of carboxylic acid groups (broad SMARTS) is 1. The van der Waals surface area contributed by atoms with Gasteiger partial charge in [0, 0.05) is 16.4 Å². The minimum Gasteiger partial charge on any atom is -0.478 e. The Kier molecular flexibility index (Phi) is 4.14. The molecule has 5 nitrogen and oxygen atoms in total. The maximum absolute atomic E-state index is 12.2. The van der Waals surface area contributed by atoms with Crippen molar-refractivity contribution in [2.24, 2.45) is 0 Å². The van der Waals surface area contributed by atoms with Gasteiger partial charge in [-0.3, -0.25) is 9.78 Å². The van der Waals surface area contributed by atoms with Crippen LogP contribution >= 0.6 is 15.9 Å². The van der Waals surface area contributed by atoms with Crippen LogP contribution in [0.2, 0.25) is 0 Å². The lowest BCUT2D eigenvalue weighted by molar-refractivity contribution is 0.0698. The van der Waals surface area contributed by atoms with E-state index in [1.807, 2.05) is 0 Å². The van der Waals surface area contributed by atoms with Gasteiger partial charge in [-0.05, 0) is 37.3 Å². The van der Waals surface area contributed by atoms with Crippen LogP contribution < -0.4 is 5.32 Å². The Bertz CT molecular complexity index is 686. The number of carbonyl (C=O) groups excluding carboxylic acids is 1. The van der Waals surface area contributed by atoms with E-state index in [0.717, 1.165) is 0 Å². The van der Waals surface area contributed by atoms with E-state index in [2.05, 4.69) is 26.2 Å². The summed E-state index contributed by atoms with van der Waals surface area (Å²) in [6, 6.07) is 7.87. The van der Waals surface area contributed by atoms with Crippen LogP contribution in [0.4, 0.5) is 5.69 Å². The van der Waals surface area contributed by atoms with Gasteiger partial charge in [0.05, 0.1) is 16.8 Å². The Labute approximate surface area is 123 Å². The smallest absolute Gasteiger partial charge is 0.337 e. The fourth-order valence-corrected chi connectivity index (χ4v) is 2.08.